The standard InChI is InChI=1S/C18H23N3O4/c1-18(2,3)20-15(22)10-25-17(24)11-6-7-13-12(9-11)19-16(23)14-5-4-8-21(13)14/h6-7,9,14H,4-5,8,10H2,1-3H3,(H,19,23)(H,20,22)/t14-/m1/s1. The summed E-state index contributed by atoms with van der Waals surface area (Å²) in [7, 11) is 0. The molecule has 1 fully saturated rings. The molecule has 1 atom stereocenters. The lowest BCUT2D eigenvalue weighted by Gasteiger charge is -2.33. The number of ether oxygens (including phenoxy) is 1. The summed E-state index contributed by atoms with van der Waals surface area (Å²) in [5.74, 6) is -0.989. The molecule has 1 saturated heterocycles. The summed E-state index contributed by atoms with van der Waals surface area (Å²) >= 11 is 0. The number of rotatable bonds is 3. The SMILES string of the molecule is CC(C)(C)NC(=O)COC(=O)c1ccc2c(c1)NC(=O)[C@H]1CCCN21. The molecule has 0 spiro atoms. The Bertz CT molecular complexity index is 724. The van der Waals surface area contributed by atoms with Crippen molar-refractivity contribution in [3.05, 3.63) is 23.8 Å². The minimum atomic E-state index is -0.593. The molecule has 1 aromatic carbocycles. The Morgan fingerprint density at radius 3 is 2.84 bits per heavy atom. The van der Waals surface area contributed by atoms with Gasteiger partial charge >= 0.3 is 5.97 Å². The Morgan fingerprint density at radius 2 is 2.12 bits per heavy atom. The second-order valence-corrected chi connectivity index (χ2v) is 7.45. The molecule has 7 nitrogen and oxygen atoms in total. The molecule has 0 saturated carbocycles. The fourth-order valence-corrected chi connectivity index (χ4v) is 3.23. The summed E-state index contributed by atoms with van der Waals surface area (Å²) in [5.41, 5.74) is 1.45. The highest BCUT2D eigenvalue weighted by molar-refractivity contribution is 6.05. The molecule has 25 heavy (non-hydrogen) atoms. The lowest BCUT2D eigenvalue weighted by atomic mass is 10.1. The van der Waals surface area contributed by atoms with Crippen LogP contribution in [0.5, 0.6) is 0 Å². The lowest BCUT2D eigenvalue weighted by molar-refractivity contribution is -0.125. The number of anilines is 2. The highest BCUT2D eigenvalue weighted by Crippen LogP contribution is 2.37. The molecule has 2 aliphatic rings. The maximum absolute atomic E-state index is 12.2. The van der Waals surface area contributed by atoms with Crippen molar-refractivity contribution in [2.45, 2.75) is 45.2 Å². The molecule has 0 unspecified atom stereocenters. The van der Waals surface area contributed by atoms with Crippen LogP contribution in [-0.4, -0.2) is 42.5 Å². The van der Waals surface area contributed by atoms with Crippen molar-refractivity contribution in [1.82, 2.24) is 5.32 Å². The Labute approximate surface area is 146 Å². The number of nitrogens with zero attached hydrogens (tertiary/aromatic N) is 1. The van der Waals surface area contributed by atoms with Crippen LogP contribution in [0, 0.1) is 0 Å². The summed E-state index contributed by atoms with van der Waals surface area (Å²) in [6.45, 7) is 6.05. The molecule has 7 heteroatoms. The highest BCUT2D eigenvalue weighted by Gasteiger charge is 2.36. The largest absolute Gasteiger partial charge is 0.452 e. The van der Waals surface area contributed by atoms with E-state index in [4.69, 9.17) is 4.74 Å². The first-order valence-electron chi connectivity index (χ1n) is 8.44. The Kier molecular flexibility index (Phi) is 4.41. The van der Waals surface area contributed by atoms with Crippen molar-refractivity contribution in [3.8, 4) is 0 Å². The molecular weight excluding hydrogens is 322 g/mol. The van der Waals surface area contributed by atoms with Crippen LogP contribution in [-0.2, 0) is 14.3 Å². The van der Waals surface area contributed by atoms with E-state index in [9.17, 15) is 14.4 Å². The summed E-state index contributed by atoms with van der Waals surface area (Å²) < 4.78 is 5.06. The van der Waals surface area contributed by atoms with Gasteiger partial charge in [-0.2, -0.15) is 0 Å². The predicted molar refractivity (Wildman–Crippen MR) is 93.6 cm³/mol. The van der Waals surface area contributed by atoms with Crippen molar-refractivity contribution in [2.24, 2.45) is 0 Å². The van der Waals surface area contributed by atoms with Gasteiger partial charge in [-0.25, -0.2) is 4.79 Å². The fraction of sp³-hybridized carbons (Fsp3) is 0.500. The first kappa shape index (κ1) is 17.3. The van der Waals surface area contributed by atoms with E-state index >= 15 is 0 Å². The third-order valence-corrected chi connectivity index (χ3v) is 4.20. The number of esters is 1. The van der Waals surface area contributed by atoms with Crippen LogP contribution in [0.2, 0.25) is 0 Å². The third kappa shape index (κ3) is 3.75. The number of nitrogens with one attached hydrogen (secondary N) is 2. The van der Waals surface area contributed by atoms with E-state index in [0.29, 0.717) is 11.3 Å². The number of benzene rings is 1. The smallest absolute Gasteiger partial charge is 0.338 e. The van der Waals surface area contributed by atoms with Crippen LogP contribution in [0.1, 0.15) is 44.0 Å². The van der Waals surface area contributed by atoms with Gasteiger partial charge in [-0.05, 0) is 51.8 Å². The molecule has 3 rings (SSSR count). The summed E-state index contributed by atoms with van der Waals surface area (Å²) in [6, 6.07) is 4.96. The Morgan fingerprint density at radius 1 is 1.36 bits per heavy atom. The van der Waals surface area contributed by atoms with Gasteiger partial charge in [0.15, 0.2) is 6.61 Å². The van der Waals surface area contributed by atoms with Crippen LogP contribution in [0.4, 0.5) is 11.4 Å². The van der Waals surface area contributed by atoms with Gasteiger partial charge in [-0.3, -0.25) is 9.59 Å². The normalized spacial score (nSPS) is 18.9. The van der Waals surface area contributed by atoms with E-state index in [-0.39, 0.29) is 30.0 Å². The molecule has 1 aromatic rings. The van der Waals surface area contributed by atoms with E-state index in [1.54, 1.807) is 12.1 Å². The van der Waals surface area contributed by atoms with E-state index in [1.807, 2.05) is 26.8 Å². The third-order valence-electron chi connectivity index (χ3n) is 4.20. The topological polar surface area (TPSA) is 87.7 Å². The molecular formula is C18H23N3O4. The van der Waals surface area contributed by atoms with Gasteiger partial charge in [-0.1, -0.05) is 0 Å². The molecule has 0 bridgehead atoms. The predicted octanol–water partition coefficient (Wildman–Crippen LogP) is 1.68. The van der Waals surface area contributed by atoms with E-state index in [1.165, 1.54) is 0 Å². The van der Waals surface area contributed by atoms with Crippen molar-refractivity contribution in [3.63, 3.8) is 0 Å². The average Bonchev–Trinajstić information content (AvgIpc) is 3.01. The van der Waals surface area contributed by atoms with Gasteiger partial charge in [0.2, 0.25) is 5.91 Å². The number of hydrogen-bond donors (Lipinski definition) is 2. The van der Waals surface area contributed by atoms with Gasteiger partial charge in [0.05, 0.1) is 16.9 Å². The number of carbonyl (C=O) groups is 3. The van der Waals surface area contributed by atoms with Crippen LogP contribution >= 0.6 is 0 Å². The summed E-state index contributed by atoms with van der Waals surface area (Å²) in [6.07, 6.45) is 1.82. The number of hydrogen-bond acceptors (Lipinski definition) is 5. The van der Waals surface area contributed by atoms with Gasteiger partial charge in [-0.15, -0.1) is 0 Å². The maximum Gasteiger partial charge on any atom is 0.338 e. The van der Waals surface area contributed by atoms with Gasteiger partial charge in [0.1, 0.15) is 6.04 Å². The first-order valence-corrected chi connectivity index (χ1v) is 8.44. The zero-order valence-electron chi connectivity index (χ0n) is 14.7. The zero-order chi connectivity index (χ0) is 18.2. The number of amides is 2. The Balaban J connectivity index is 1.68. The molecule has 2 heterocycles. The van der Waals surface area contributed by atoms with Crippen LogP contribution < -0.4 is 15.5 Å². The minimum absolute atomic E-state index is 0.0416. The molecule has 2 N–H and O–H groups in total. The molecule has 0 aromatic heterocycles. The summed E-state index contributed by atoms with van der Waals surface area (Å²) in [5, 5.41) is 5.58. The molecule has 134 valence electrons. The number of carbonyl (C=O) groups excluding carboxylic acids is 3. The van der Waals surface area contributed by atoms with Crippen molar-refractivity contribution < 1.29 is 19.1 Å². The zero-order valence-corrected chi connectivity index (χ0v) is 14.7. The van der Waals surface area contributed by atoms with Crippen LogP contribution in [0.3, 0.4) is 0 Å². The van der Waals surface area contributed by atoms with E-state index < -0.39 is 5.97 Å². The molecule has 2 aliphatic heterocycles. The highest BCUT2D eigenvalue weighted by atomic mass is 16.5. The molecule has 0 radical (unpaired) electrons. The number of fused-ring (bicyclic) bond motifs is 3. The Hall–Kier alpha value is -2.57. The summed E-state index contributed by atoms with van der Waals surface area (Å²) in [4.78, 5) is 38.1. The fourth-order valence-electron chi connectivity index (χ4n) is 3.23. The minimum Gasteiger partial charge on any atom is -0.452 e. The van der Waals surface area contributed by atoms with Crippen LogP contribution in [0.15, 0.2) is 18.2 Å². The van der Waals surface area contributed by atoms with Gasteiger partial charge < -0.3 is 20.3 Å². The van der Waals surface area contributed by atoms with Crippen molar-refractivity contribution >= 4 is 29.2 Å². The first-order chi connectivity index (χ1) is 11.7. The monoisotopic (exact) mass is 345 g/mol. The lowest BCUT2D eigenvalue weighted by Crippen LogP contribution is -2.44. The van der Waals surface area contributed by atoms with Gasteiger partial charge in [0.25, 0.3) is 5.91 Å². The second-order valence-electron chi connectivity index (χ2n) is 7.45. The average molecular weight is 345 g/mol. The molecule has 0 aliphatic carbocycles. The maximum atomic E-state index is 12.2. The van der Waals surface area contributed by atoms with Crippen molar-refractivity contribution in [2.75, 3.05) is 23.4 Å². The molecule has 2 amide bonds. The van der Waals surface area contributed by atoms with E-state index in [0.717, 1.165) is 25.1 Å². The van der Waals surface area contributed by atoms with E-state index in [2.05, 4.69) is 15.5 Å². The quantitative estimate of drug-likeness (QED) is 0.814. The van der Waals surface area contributed by atoms with Crippen LogP contribution in [0.25, 0.3) is 0 Å². The van der Waals surface area contributed by atoms with Crippen molar-refractivity contribution in [1.29, 1.82) is 0 Å². The van der Waals surface area contributed by atoms with Gasteiger partial charge in [0, 0.05) is 12.1 Å². The second kappa shape index (κ2) is 6.38.